The number of carbonyl (C=O) groups is 1. The van der Waals surface area contributed by atoms with Crippen molar-refractivity contribution in [2.45, 2.75) is 56.5 Å². The molecule has 3 N–H and O–H groups in total. The standard InChI is InChI=1S/C22H26Cl2N2O/c1-15(26-21(27)22(25)12-2-3-13-22)20(17-6-10-19(24)11-7-17)14-16-4-8-18(23)9-5-16/h4-11,15,20H,2-3,12-14,25H2,1H3,(H,26,27). The van der Waals surface area contributed by atoms with Gasteiger partial charge in [0.2, 0.25) is 5.91 Å². The summed E-state index contributed by atoms with van der Waals surface area (Å²) in [5.41, 5.74) is 7.92. The van der Waals surface area contributed by atoms with Gasteiger partial charge in [-0.05, 0) is 61.6 Å². The summed E-state index contributed by atoms with van der Waals surface area (Å²) >= 11 is 12.1. The van der Waals surface area contributed by atoms with Gasteiger partial charge in [0.15, 0.2) is 0 Å². The second-order valence-electron chi connectivity index (χ2n) is 7.61. The van der Waals surface area contributed by atoms with Crippen molar-refractivity contribution in [3.63, 3.8) is 0 Å². The van der Waals surface area contributed by atoms with Gasteiger partial charge in [0.25, 0.3) is 0 Å². The second-order valence-corrected chi connectivity index (χ2v) is 8.49. The Labute approximate surface area is 171 Å². The molecule has 0 bridgehead atoms. The molecule has 1 fully saturated rings. The van der Waals surface area contributed by atoms with Crippen molar-refractivity contribution >= 4 is 29.1 Å². The van der Waals surface area contributed by atoms with Gasteiger partial charge in [-0.1, -0.05) is 60.3 Å². The third kappa shape index (κ3) is 5.04. The molecule has 3 nitrogen and oxygen atoms in total. The van der Waals surface area contributed by atoms with Crippen LogP contribution in [0.5, 0.6) is 0 Å². The summed E-state index contributed by atoms with van der Waals surface area (Å²) < 4.78 is 0. The summed E-state index contributed by atoms with van der Waals surface area (Å²) in [6.07, 6.45) is 4.34. The average Bonchev–Trinajstić information content (AvgIpc) is 3.10. The number of nitrogens with one attached hydrogen (secondary N) is 1. The Morgan fingerprint density at radius 1 is 1.04 bits per heavy atom. The summed E-state index contributed by atoms with van der Waals surface area (Å²) in [6, 6.07) is 15.6. The Hall–Kier alpha value is -1.55. The van der Waals surface area contributed by atoms with Crippen molar-refractivity contribution in [3.05, 3.63) is 69.7 Å². The zero-order valence-corrected chi connectivity index (χ0v) is 17.1. The fourth-order valence-electron chi connectivity index (χ4n) is 3.85. The molecule has 0 radical (unpaired) electrons. The van der Waals surface area contributed by atoms with E-state index in [0.717, 1.165) is 42.7 Å². The monoisotopic (exact) mass is 404 g/mol. The second kappa shape index (κ2) is 8.64. The van der Waals surface area contributed by atoms with Gasteiger partial charge in [0.05, 0.1) is 5.54 Å². The molecular weight excluding hydrogens is 379 g/mol. The van der Waals surface area contributed by atoms with E-state index < -0.39 is 5.54 Å². The van der Waals surface area contributed by atoms with E-state index >= 15 is 0 Å². The van der Waals surface area contributed by atoms with Gasteiger partial charge in [-0.15, -0.1) is 0 Å². The molecule has 2 atom stereocenters. The van der Waals surface area contributed by atoms with Gasteiger partial charge in [-0.3, -0.25) is 4.79 Å². The fourth-order valence-corrected chi connectivity index (χ4v) is 4.10. The van der Waals surface area contributed by atoms with E-state index in [1.165, 1.54) is 5.56 Å². The maximum Gasteiger partial charge on any atom is 0.240 e. The summed E-state index contributed by atoms with van der Waals surface area (Å²) in [6.45, 7) is 2.05. The minimum atomic E-state index is -0.723. The van der Waals surface area contributed by atoms with Crippen molar-refractivity contribution in [1.29, 1.82) is 0 Å². The number of benzene rings is 2. The Kier molecular flexibility index (Phi) is 6.46. The lowest BCUT2D eigenvalue weighted by Gasteiger charge is -2.30. The topological polar surface area (TPSA) is 55.1 Å². The van der Waals surface area contributed by atoms with Crippen LogP contribution in [0, 0.1) is 0 Å². The maximum absolute atomic E-state index is 12.8. The molecule has 3 rings (SSSR count). The fraction of sp³-hybridized carbons (Fsp3) is 0.409. The molecule has 0 heterocycles. The molecule has 2 aromatic rings. The van der Waals surface area contributed by atoms with E-state index in [1.54, 1.807) is 0 Å². The highest BCUT2D eigenvalue weighted by atomic mass is 35.5. The highest BCUT2D eigenvalue weighted by molar-refractivity contribution is 6.30. The Morgan fingerprint density at radius 3 is 2.11 bits per heavy atom. The van der Waals surface area contributed by atoms with E-state index in [9.17, 15) is 4.79 Å². The lowest BCUT2D eigenvalue weighted by molar-refractivity contribution is -0.126. The molecule has 2 unspecified atom stereocenters. The molecule has 0 spiro atoms. The first-order valence-corrected chi connectivity index (χ1v) is 10.2. The van der Waals surface area contributed by atoms with Gasteiger partial charge in [-0.25, -0.2) is 0 Å². The van der Waals surface area contributed by atoms with Crippen LogP contribution in [-0.2, 0) is 11.2 Å². The average molecular weight is 405 g/mol. The SMILES string of the molecule is CC(NC(=O)C1(N)CCCC1)C(Cc1ccc(Cl)cc1)c1ccc(Cl)cc1. The molecule has 27 heavy (non-hydrogen) atoms. The Bertz CT molecular complexity index is 768. The molecule has 1 saturated carbocycles. The van der Waals surface area contributed by atoms with Gasteiger partial charge in [-0.2, -0.15) is 0 Å². The summed E-state index contributed by atoms with van der Waals surface area (Å²) in [4.78, 5) is 12.8. The van der Waals surface area contributed by atoms with Crippen molar-refractivity contribution in [3.8, 4) is 0 Å². The maximum atomic E-state index is 12.8. The van der Waals surface area contributed by atoms with Crippen LogP contribution < -0.4 is 11.1 Å². The van der Waals surface area contributed by atoms with E-state index in [-0.39, 0.29) is 17.9 Å². The van der Waals surface area contributed by atoms with Crippen LogP contribution in [0.1, 0.15) is 49.7 Å². The third-order valence-electron chi connectivity index (χ3n) is 5.58. The molecule has 5 heteroatoms. The molecule has 144 valence electrons. The minimum absolute atomic E-state index is 0.0393. The number of nitrogens with two attached hydrogens (primary N) is 1. The van der Waals surface area contributed by atoms with Crippen LogP contribution in [-0.4, -0.2) is 17.5 Å². The molecule has 0 aromatic heterocycles. The molecular formula is C22H26Cl2N2O. The van der Waals surface area contributed by atoms with Gasteiger partial charge in [0, 0.05) is 22.0 Å². The highest BCUT2D eigenvalue weighted by Crippen LogP contribution is 2.30. The zero-order chi connectivity index (χ0) is 19.4. The van der Waals surface area contributed by atoms with E-state index in [4.69, 9.17) is 28.9 Å². The molecule has 1 aliphatic rings. The first-order chi connectivity index (χ1) is 12.9. The first-order valence-electron chi connectivity index (χ1n) is 9.47. The van der Waals surface area contributed by atoms with Crippen LogP contribution in [0.2, 0.25) is 10.0 Å². The largest absolute Gasteiger partial charge is 0.351 e. The number of hydrogen-bond acceptors (Lipinski definition) is 2. The number of carbonyl (C=O) groups excluding carboxylic acids is 1. The summed E-state index contributed by atoms with van der Waals surface area (Å²) in [5.74, 6) is 0.0694. The van der Waals surface area contributed by atoms with Gasteiger partial charge >= 0.3 is 0 Å². The van der Waals surface area contributed by atoms with E-state index in [2.05, 4.69) is 5.32 Å². The Morgan fingerprint density at radius 2 is 1.56 bits per heavy atom. The predicted molar refractivity (Wildman–Crippen MR) is 112 cm³/mol. The quantitative estimate of drug-likeness (QED) is 0.703. The normalized spacial score (nSPS) is 18.1. The number of amides is 1. The van der Waals surface area contributed by atoms with Crippen LogP contribution in [0.25, 0.3) is 0 Å². The molecule has 1 amide bonds. The molecule has 0 saturated heterocycles. The van der Waals surface area contributed by atoms with Crippen LogP contribution in [0.15, 0.2) is 48.5 Å². The lowest BCUT2D eigenvalue weighted by atomic mass is 9.86. The van der Waals surface area contributed by atoms with Crippen molar-refractivity contribution in [2.24, 2.45) is 5.73 Å². The predicted octanol–water partition coefficient (Wildman–Crippen LogP) is 5.10. The zero-order valence-electron chi connectivity index (χ0n) is 15.6. The molecule has 1 aliphatic carbocycles. The van der Waals surface area contributed by atoms with Crippen molar-refractivity contribution < 1.29 is 4.79 Å². The van der Waals surface area contributed by atoms with Gasteiger partial charge in [0.1, 0.15) is 0 Å². The van der Waals surface area contributed by atoms with E-state index in [0.29, 0.717) is 5.02 Å². The summed E-state index contributed by atoms with van der Waals surface area (Å²) in [7, 11) is 0. The van der Waals surface area contributed by atoms with Crippen molar-refractivity contribution in [1.82, 2.24) is 5.32 Å². The number of rotatable bonds is 6. The molecule has 2 aromatic carbocycles. The lowest BCUT2D eigenvalue weighted by Crippen LogP contribution is -2.55. The van der Waals surface area contributed by atoms with E-state index in [1.807, 2.05) is 55.5 Å². The van der Waals surface area contributed by atoms with Crippen molar-refractivity contribution in [2.75, 3.05) is 0 Å². The smallest absolute Gasteiger partial charge is 0.240 e. The van der Waals surface area contributed by atoms with Crippen LogP contribution in [0.3, 0.4) is 0 Å². The molecule has 0 aliphatic heterocycles. The first kappa shape index (κ1) is 20.2. The summed E-state index contributed by atoms with van der Waals surface area (Å²) in [5, 5.41) is 4.60. The third-order valence-corrected chi connectivity index (χ3v) is 6.08. The minimum Gasteiger partial charge on any atom is -0.351 e. The number of hydrogen-bond donors (Lipinski definition) is 2. The van der Waals surface area contributed by atoms with Crippen LogP contribution in [0.4, 0.5) is 0 Å². The van der Waals surface area contributed by atoms with Gasteiger partial charge < -0.3 is 11.1 Å². The Balaban J connectivity index is 1.80. The number of halogens is 2. The highest BCUT2D eigenvalue weighted by Gasteiger charge is 2.38. The van der Waals surface area contributed by atoms with Crippen LogP contribution >= 0.6 is 23.2 Å².